The van der Waals surface area contributed by atoms with Crippen LogP contribution in [-0.4, -0.2) is 44.2 Å². The third-order valence-corrected chi connectivity index (χ3v) is 5.58. The van der Waals surface area contributed by atoms with Crippen LogP contribution in [-0.2, 0) is 6.54 Å². The van der Waals surface area contributed by atoms with Crippen molar-refractivity contribution >= 4 is 11.3 Å². The standard InChI is InChI=1S/C21H19N5O2S/c1-2-4-19(27-16-5-9-26(13-16)12-15-6-10-29-14-15)17(3-1)21-24-20(25-28-21)18-11-22-7-8-23-18/h1-4,6-8,10-11,14,16H,5,9,12-13H2. The molecular weight excluding hydrogens is 386 g/mol. The van der Waals surface area contributed by atoms with E-state index >= 15 is 0 Å². The number of ether oxygens (including phenoxy) is 1. The van der Waals surface area contributed by atoms with Crippen LogP contribution >= 0.6 is 11.3 Å². The van der Waals surface area contributed by atoms with Gasteiger partial charge in [-0.1, -0.05) is 17.3 Å². The van der Waals surface area contributed by atoms with Crippen molar-refractivity contribution in [2.24, 2.45) is 0 Å². The number of rotatable bonds is 6. The molecule has 1 aliphatic heterocycles. The molecule has 0 bridgehead atoms. The Balaban J connectivity index is 1.31. The van der Waals surface area contributed by atoms with Crippen LogP contribution in [0.2, 0.25) is 0 Å². The first-order valence-corrected chi connectivity index (χ1v) is 10.4. The SMILES string of the molecule is c1ccc(-c2nc(-c3cnccn3)no2)c(OC2CCN(Cc3ccsc3)C2)c1. The molecule has 4 heterocycles. The van der Waals surface area contributed by atoms with Crippen LogP contribution < -0.4 is 4.74 Å². The molecule has 0 aliphatic carbocycles. The van der Waals surface area contributed by atoms with E-state index < -0.39 is 0 Å². The molecule has 0 saturated carbocycles. The molecule has 8 heteroatoms. The third-order valence-electron chi connectivity index (χ3n) is 4.84. The van der Waals surface area contributed by atoms with Crippen LogP contribution in [0.25, 0.3) is 23.0 Å². The smallest absolute Gasteiger partial charge is 0.262 e. The Morgan fingerprint density at radius 2 is 2.17 bits per heavy atom. The van der Waals surface area contributed by atoms with Gasteiger partial charge in [-0.25, -0.2) is 4.98 Å². The first-order chi connectivity index (χ1) is 14.3. The molecule has 5 rings (SSSR count). The normalized spacial score (nSPS) is 16.9. The lowest BCUT2D eigenvalue weighted by Crippen LogP contribution is -2.24. The van der Waals surface area contributed by atoms with Gasteiger partial charge in [-0.05, 0) is 40.9 Å². The molecule has 0 spiro atoms. The minimum atomic E-state index is 0.136. The van der Waals surface area contributed by atoms with Crippen molar-refractivity contribution in [1.82, 2.24) is 25.0 Å². The van der Waals surface area contributed by atoms with E-state index in [1.165, 1.54) is 5.56 Å². The number of thiophene rings is 1. The lowest BCUT2D eigenvalue weighted by molar-refractivity contribution is 0.199. The predicted octanol–water partition coefficient (Wildman–Crippen LogP) is 3.91. The second-order valence-electron chi connectivity index (χ2n) is 6.91. The van der Waals surface area contributed by atoms with Gasteiger partial charge in [0.05, 0.1) is 11.8 Å². The number of nitrogens with zero attached hydrogens (tertiary/aromatic N) is 5. The Kier molecular flexibility index (Phi) is 5.02. The summed E-state index contributed by atoms with van der Waals surface area (Å²) < 4.78 is 11.8. The molecule has 0 radical (unpaired) electrons. The largest absolute Gasteiger partial charge is 0.488 e. The van der Waals surface area contributed by atoms with E-state index in [0.29, 0.717) is 17.4 Å². The number of hydrogen-bond acceptors (Lipinski definition) is 8. The van der Waals surface area contributed by atoms with Gasteiger partial charge in [0, 0.05) is 32.0 Å². The molecular formula is C21H19N5O2S. The number of para-hydroxylation sites is 1. The van der Waals surface area contributed by atoms with E-state index in [1.807, 2.05) is 24.3 Å². The average molecular weight is 405 g/mol. The second kappa shape index (κ2) is 8.10. The summed E-state index contributed by atoms with van der Waals surface area (Å²) in [6, 6.07) is 9.95. The Hall–Kier alpha value is -3.10. The molecule has 1 aliphatic rings. The van der Waals surface area contributed by atoms with E-state index in [2.05, 4.69) is 41.8 Å². The van der Waals surface area contributed by atoms with Crippen molar-refractivity contribution < 1.29 is 9.26 Å². The Morgan fingerprint density at radius 1 is 1.21 bits per heavy atom. The molecule has 1 unspecified atom stereocenters. The van der Waals surface area contributed by atoms with Crippen molar-refractivity contribution in [3.63, 3.8) is 0 Å². The van der Waals surface area contributed by atoms with Gasteiger partial charge in [0.1, 0.15) is 17.5 Å². The highest BCUT2D eigenvalue weighted by molar-refractivity contribution is 7.07. The van der Waals surface area contributed by atoms with Gasteiger partial charge < -0.3 is 9.26 Å². The van der Waals surface area contributed by atoms with Crippen molar-refractivity contribution in [1.29, 1.82) is 0 Å². The molecule has 1 aromatic carbocycles. The second-order valence-corrected chi connectivity index (χ2v) is 7.69. The fourth-order valence-electron chi connectivity index (χ4n) is 3.45. The van der Waals surface area contributed by atoms with Gasteiger partial charge in [-0.3, -0.25) is 9.88 Å². The van der Waals surface area contributed by atoms with Crippen LogP contribution in [0.15, 0.2) is 64.2 Å². The van der Waals surface area contributed by atoms with Gasteiger partial charge in [0.15, 0.2) is 0 Å². The summed E-state index contributed by atoms with van der Waals surface area (Å²) in [5, 5.41) is 8.36. The molecule has 1 saturated heterocycles. The van der Waals surface area contributed by atoms with E-state index in [0.717, 1.165) is 37.4 Å². The van der Waals surface area contributed by atoms with Crippen LogP contribution in [0.1, 0.15) is 12.0 Å². The van der Waals surface area contributed by atoms with Gasteiger partial charge in [0.25, 0.3) is 5.89 Å². The zero-order valence-corrected chi connectivity index (χ0v) is 16.5. The third kappa shape index (κ3) is 4.03. The highest BCUT2D eigenvalue weighted by atomic mass is 32.1. The van der Waals surface area contributed by atoms with E-state index in [4.69, 9.17) is 9.26 Å². The van der Waals surface area contributed by atoms with E-state index in [-0.39, 0.29) is 6.10 Å². The molecule has 1 fully saturated rings. The maximum absolute atomic E-state index is 6.33. The Bertz CT molecular complexity index is 1070. The van der Waals surface area contributed by atoms with Crippen molar-refractivity contribution in [3.8, 4) is 28.7 Å². The molecule has 4 aromatic rings. The molecule has 146 valence electrons. The topological polar surface area (TPSA) is 77.2 Å². The van der Waals surface area contributed by atoms with Gasteiger partial charge in [0.2, 0.25) is 5.82 Å². The van der Waals surface area contributed by atoms with Gasteiger partial charge >= 0.3 is 0 Å². The average Bonchev–Trinajstić information content (AvgIpc) is 3.52. The number of benzene rings is 1. The van der Waals surface area contributed by atoms with Crippen LogP contribution in [0.3, 0.4) is 0 Å². The highest BCUT2D eigenvalue weighted by Crippen LogP contribution is 2.31. The van der Waals surface area contributed by atoms with E-state index in [9.17, 15) is 0 Å². The summed E-state index contributed by atoms with van der Waals surface area (Å²) >= 11 is 1.74. The van der Waals surface area contributed by atoms with Crippen LogP contribution in [0, 0.1) is 0 Å². The summed E-state index contributed by atoms with van der Waals surface area (Å²) in [6.07, 6.45) is 5.95. The fourth-order valence-corrected chi connectivity index (χ4v) is 4.11. The monoisotopic (exact) mass is 405 g/mol. The number of likely N-dealkylation sites (tertiary alicyclic amines) is 1. The molecule has 1 atom stereocenters. The fraction of sp³-hybridized carbons (Fsp3) is 0.238. The summed E-state index contributed by atoms with van der Waals surface area (Å²) in [5.41, 5.74) is 2.71. The molecule has 0 N–H and O–H groups in total. The summed E-state index contributed by atoms with van der Waals surface area (Å²) in [4.78, 5) is 15.2. The minimum absolute atomic E-state index is 0.136. The molecule has 7 nitrogen and oxygen atoms in total. The highest BCUT2D eigenvalue weighted by Gasteiger charge is 2.25. The lowest BCUT2D eigenvalue weighted by Gasteiger charge is -2.17. The summed E-state index contributed by atoms with van der Waals surface area (Å²) in [5.74, 6) is 1.57. The zero-order chi connectivity index (χ0) is 19.5. The summed E-state index contributed by atoms with van der Waals surface area (Å²) in [6.45, 7) is 2.90. The van der Waals surface area contributed by atoms with Crippen molar-refractivity contribution in [3.05, 3.63) is 65.2 Å². The minimum Gasteiger partial charge on any atom is -0.488 e. The number of aromatic nitrogens is 4. The predicted molar refractivity (Wildman–Crippen MR) is 109 cm³/mol. The van der Waals surface area contributed by atoms with E-state index in [1.54, 1.807) is 29.9 Å². The maximum Gasteiger partial charge on any atom is 0.262 e. The van der Waals surface area contributed by atoms with Gasteiger partial charge in [-0.15, -0.1) is 0 Å². The lowest BCUT2D eigenvalue weighted by atomic mass is 10.2. The summed E-state index contributed by atoms with van der Waals surface area (Å²) in [7, 11) is 0. The molecule has 0 amide bonds. The zero-order valence-electron chi connectivity index (χ0n) is 15.6. The number of hydrogen-bond donors (Lipinski definition) is 0. The first kappa shape index (κ1) is 18.0. The van der Waals surface area contributed by atoms with Crippen LogP contribution in [0.5, 0.6) is 5.75 Å². The maximum atomic E-state index is 6.33. The Morgan fingerprint density at radius 3 is 3.03 bits per heavy atom. The van der Waals surface area contributed by atoms with Gasteiger partial charge in [-0.2, -0.15) is 16.3 Å². The first-order valence-electron chi connectivity index (χ1n) is 9.45. The molecule has 3 aromatic heterocycles. The Labute approximate surface area is 172 Å². The van der Waals surface area contributed by atoms with Crippen molar-refractivity contribution in [2.45, 2.75) is 19.1 Å². The quantitative estimate of drug-likeness (QED) is 0.481. The van der Waals surface area contributed by atoms with Crippen LogP contribution in [0.4, 0.5) is 0 Å². The molecule has 29 heavy (non-hydrogen) atoms. The van der Waals surface area contributed by atoms with Crippen molar-refractivity contribution in [2.75, 3.05) is 13.1 Å².